The monoisotopic (exact) mass is 605 g/mol. The van der Waals surface area contributed by atoms with Crippen LogP contribution in [-0.4, -0.2) is 17.6 Å². The van der Waals surface area contributed by atoms with E-state index in [0.717, 1.165) is 16.9 Å². The molecule has 0 saturated heterocycles. The number of nitrogens with one attached hydrogen (secondary N) is 1. The van der Waals surface area contributed by atoms with E-state index in [2.05, 4.69) is 11.4 Å². The maximum absolute atomic E-state index is 13.7. The van der Waals surface area contributed by atoms with Crippen molar-refractivity contribution in [1.29, 1.82) is 5.26 Å². The maximum atomic E-state index is 13.7. The van der Waals surface area contributed by atoms with Gasteiger partial charge >= 0.3 is 5.97 Å². The first-order valence-electron chi connectivity index (χ1n) is 13.6. The molecule has 5 rings (SSSR count). The van der Waals surface area contributed by atoms with Gasteiger partial charge in [-0.15, -0.1) is 0 Å². The number of halogens is 1. The molecule has 0 bridgehead atoms. The first kappa shape index (κ1) is 29.7. The van der Waals surface area contributed by atoms with Crippen molar-refractivity contribution in [3.63, 3.8) is 0 Å². The summed E-state index contributed by atoms with van der Waals surface area (Å²) in [6.07, 6.45) is 0. The van der Waals surface area contributed by atoms with Crippen molar-refractivity contribution in [3.05, 3.63) is 153 Å². The number of ether oxygens (including phenoxy) is 1. The minimum absolute atomic E-state index is 0.0353. The van der Waals surface area contributed by atoms with Gasteiger partial charge in [-0.25, -0.2) is 4.79 Å². The number of esters is 1. The second-order valence-corrected chi connectivity index (χ2v) is 11.1. The molecule has 4 aromatic carbocycles. The fraction of sp³-hybridized carbons (Fsp3) is 0.114. The Balaban J connectivity index is 1.46. The van der Waals surface area contributed by atoms with Crippen LogP contribution in [0.25, 0.3) is 0 Å². The number of carbonyl (C=O) groups excluding carboxylic acids is 2. The third-order valence-corrected chi connectivity index (χ3v) is 8.26. The molecule has 1 amide bonds. The summed E-state index contributed by atoms with van der Waals surface area (Å²) in [6, 6.07) is 37.6. The van der Waals surface area contributed by atoms with Gasteiger partial charge in [0.15, 0.2) is 0 Å². The largest absolute Gasteiger partial charge is 0.457 e. The Morgan fingerprint density at radius 3 is 2.02 bits per heavy atom. The number of carbonyl (C=O) groups is 2. The zero-order valence-electron chi connectivity index (χ0n) is 23.4. The molecule has 1 aliphatic rings. The number of nitrogens with zero attached hydrogens (tertiary/aromatic N) is 2. The van der Waals surface area contributed by atoms with Crippen LogP contribution in [0.5, 0.6) is 0 Å². The van der Waals surface area contributed by atoms with Gasteiger partial charge < -0.3 is 10.1 Å². The third kappa shape index (κ3) is 6.83. The molecule has 0 radical (unpaired) electrons. The average Bonchev–Trinajstić information content (AvgIpc) is 3.04. The van der Waals surface area contributed by atoms with Crippen LogP contribution in [0.2, 0.25) is 5.02 Å². The highest BCUT2D eigenvalue weighted by Gasteiger charge is 2.37. The van der Waals surface area contributed by atoms with Crippen molar-refractivity contribution in [3.8, 4) is 6.07 Å². The summed E-state index contributed by atoms with van der Waals surface area (Å²) in [5, 5.41) is 14.6. The number of allylic oxidation sites excluding steroid dienone is 2. The van der Waals surface area contributed by atoms with E-state index >= 15 is 0 Å². The van der Waals surface area contributed by atoms with Crippen LogP contribution >= 0.6 is 23.4 Å². The van der Waals surface area contributed by atoms with Gasteiger partial charge in [0.2, 0.25) is 5.91 Å². The average molecular weight is 606 g/mol. The van der Waals surface area contributed by atoms with Crippen LogP contribution in [0.1, 0.15) is 24.0 Å². The standard InChI is InChI=1S/C35H28ClN3O3S/c1-24-32(35(41)42-22-25-13-5-2-6-14-25)33(28-19-11-12-20-30(28)36)29(21-37)34(38-24)43-23-31(40)39(26-15-7-3-8-16-26)27-17-9-4-10-18-27/h2-20,33,38H,22-23H2,1H3. The van der Waals surface area contributed by atoms with Gasteiger partial charge in [-0.2, -0.15) is 5.26 Å². The number of anilines is 2. The molecule has 43 heavy (non-hydrogen) atoms. The van der Waals surface area contributed by atoms with E-state index < -0.39 is 11.9 Å². The van der Waals surface area contributed by atoms with Crippen LogP contribution in [0, 0.1) is 11.3 Å². The summed E-state index contributed by atoms with van der Waals surface area (Å²) in [5.74, 6) is -1.46. The van der Waals surface area contributed by atoms with E-state index in [4.69, 9.17) is 16.3 Å². The number of benzene rings is 4. The van der Waals surface area contributed by atoms with Gasteiger partial charge in [-0.3, -0.25) is 9.69 Å². The minimum Gasteiger partial charge on any atom is -0.457 e. The SMILES string of the molecule is CC1=C(C(=O)OCc2ccccc2)C(c2ccccc2Cl)C(C#N)=C(SCC(=O)N(c2ccccc2)c2ccccc2)N1. The lowest BCUT2D eigenvalue weighted by molar-refractivity contribution is -0.140. The van der Waals surface area contributed by atoms with Crippen LogP contribution in [0.4, 0.5) is 11.4 Å². The maximum Gasteiger partial charge on any atom is 0.337 e. The fourth-order valence-corrected chi connectivity index (χ4v) is 6.09. The number of para-hydroxylation sites is 2. The van der Waals surface area contributed by atoms with E-state index in [1.54, 1.807) is 30.0 Å². The molecule has 1 aliphatic heterocycles. The summed E-state index contributed by atoms with van der Waals surface area (Å²) in [4.78, 5) is 28.9. The topological polar surface area (TPSA) is 82.4 Å². The van der Waals surface area contributed by atoms with Gasteiger partial charge in [0.1, 0.15) is 6.61 Å². The lowest BCUT2D eigenvalue weighted by Crippen LogP contribution is -2.31. The van der Waals surface area contributed by atoms with E-state index in [-0.39, 0.29) is 23.8 Å². The van der Waals surface area contributed by atoms with E-state index in [0.29, 0.717) is 26.9 Å². The Hall–Kier alpha value is -4.77. The highest BCUT2D eigenvalue weighted by molar-refractivity contribution is 8.03. The number of dihydropyridines is 1. The summed E-state index contributed by atoms with van der Waals surface area (Å²) >= 11 is 7.84. The van der Waals surface area contributed by atoms with Gasteiger partial charge in [-0.05, 0) is 48.4 Å². The molecule has 8 heteroatoms. The Morgan fingerprint density at radius 2 is 1.44 bits per heavy atom. The molecule has 1 atom stereocenters. The third-order valence-electron chi connectivity index (χ3n) is 6.91. The van der Waals surface area contributed by atoms with E-state index in [9.17, 15) is 14.9 Å². The quantitative estimate of drug-likeness (QED) is 0.195. The molecule has 0 aliphatic carbocycles. The number of hydrogen-bond acceptors (Lipinski definition) is 6. The van der Waals surface area contributed by atoms with Crippen molar-refractivity contribution in [1.82, 2.24) is 5.32 Å². The van der Waals surface area contributed by atoms with Crippen molar-refractivity contribution in [2.24, 2.45) is 0 Å². The Bertz CT molecular complexity index is 1680. The van der Waals surface area contributed by atoms with Crippen molar-refractivity contribution in [2.45, 2.75) is 19.4 Å². The number of hydrogen-bond donors (Lipinski definition) is 1. The zero-order valence-corrected chi connectivity index (χ0v) is 24.9. The molecule has 1 heterocycles. The molecule has 6 nitrogen and oxygen atoms in total. The Labute approximate surface area is 260 Å². The van der Waals surface area contributed by atoms with Crippen LogP contribution in [0.3, 0.4) is 0 Å². The molecule has 0 aromatic heterocycles. The van der Waals surface area contributed by atoms with Crippen LogP contribution in [-0.2, 0) is 20.9 Å². The number of nitriles is 1. The predicted molar refractivity (Wildman–Crippen MR) is 171 cm³/mol. The lowest BCUT2D eigenvalue weighted by Gasteiger charge is -2.30. The lowest BCUT2D eigenvalue weighted by atomic mass is 9.82. The smallest absolute Gasteiger partial charge is 0.337 e. The molecule has 0 saturated carbocycles. The molecule has 0 spiro atoms. The Morgan fingerprint density at radius 1 is 0.884 bits per heavy atom. The van der Waals surface area contributed by atoms with Crippen molar-refractivity contribution < 1.29 is 14.3 Å². The molecule has 1 N–H and O–H groups in total. The van der Waals surface area contributed by atoms with E-state index in [1.807, 2.05) is 97.1 Å². The number of rotatable bonds is 9. The highest BCUT2D eigenvalue weighted by Crippen LogP contribution is 2.43. The van der Waals surface area contributed by atoms with Gasteiger partial charge in [0.25, 0.3) is 0 Å². The fourth-order valence-electron chi connectivity index (χ4n) is 4.91. The second kappa shape index (κ2) is 13.9. The number of thioether (sulfide) groups is 1. The van der Waals surface area contributed by atoms with E-state index in [1.165, 1.54) is 11.8 Å². The predicted octanol–water partition coefficient (Wildman–Crippen LogP) is 7.88. The minimum atomic E-state index is -0.778. The first-order chi connectivity index (χ1) is 21.0. The Kier molecular flexibility index (Phi) is 9.63. The molecule has 0 fully saturated rings. The zero-order chi connectivity index (χ0) is 30.2. The summed E-state index contributed by atoms with van der Waals surface area (Å²) in [6.45, 7) is 1.85. The normalized spacial score (nSPS) is 14.5. The van der Waals surface area contributed by atoms with Crippen LogP contribution in [0.15, 0.2) is 137 Å². The summed E-state index contributed by atoms with van der Waals surface area (Å²) < 4.78 is 5.71. The van der Waals surface area contributed by atoms with Crippen molar-refractivity contribution in [2.75, 3.05) is 10.7 Å². The highest BCUT2D eigenvalue weighted by atomic mass is 35.5. The first-order valence-corrected chi connectivity index (χ1v) is 15.0. The molecule has 214 valence electrons. The van der Waals surface area contributed by atoms with Gasteiger partial charge in [0, 0.05) is 22.1 Å². The number of amides is 1. The second-order valence-electron chi connectivity index (χ2n) is 9.72. The van der Waals surface area contributed by atoms with Crippen molar-refractivity contribution >= 4 is 46.6 Å². The van der Waals surface area contributed by atoms with Gasteiger partial charge in [0.05, 0.1) is 33.9 Å². The molecule has 1 unspecified atom stereocenters. The van der Waals surface area contributed by atoms with Gasteiger partial charge in [-0.1, -0.05) is 108 Å². The molecular formula is C35H28ClN3O3S. The summed E-state index contributed by atoms with van der Waals surface area (Å²) in [7, 11) is 0. The molecule has 4 aromatic rings. The van der Waals surface area contributed by atoms with Crippen LogP contribution < -0.4 is 10.2 Å². The summed E-state index contributed by atoms with van der Waals surface area (Å²) in [5.41, 5.74) is 4.03. The molecular weight excluding hydrogens is 578 g/mol.